The van der Waals surface area contributed by atoms with Gasteiger partial charge >= 0.3 is 6.18 Å². The number of hydrogen-bond donors (Lipinski definition) is 1. The molecule has 0 saturated heterocycles. The van der Waals surface area contributed by atoms with E-state index in [4.69, 9.17) is 5.14 Å². The summed E-state index contributed by atoms with van der Waals surface area (Å²) >= 11 is 0. The standard InChI is InChI=1S/C8H12F3N3O2S/c1-5-7(17(12,15)16)6(2)14(13-5)4-3-8(9,10)11/h3-4H2,1-2H3,(H2,12,15,16). The van der Waals surface area contributed by atoms with Crippen LogP contribution in [0.4, 0.5) is 13.2 Å². The molecule has 9 heteroatoms. The van der Waals surface area contributed by atoms with Crippen LogP contribution in [0.2, 0.25) is 0 Å². The van der Waals surface area contributed by atoms with Crippen molar-refractivity contribution in [2.75, 3.05) is 0 Å². The summed E-state index contributed by atoms with van der Waals surface area (Å²) in [5.41, 5.74) is 0.224. The predicted molar refractivity (Wildman–Crippen MR) is 53.7 cm³/mol. The highest BCUT2D eigenvalue weighted by Gasteiger charge is 2.28. The molecule has 0 unspecified atom stereocenters. The molecule has 0 aliphatic carbocycles. The zero-order valence-corrected chi connectivity index (χ0v) is 10.1. The molecule has 1 aromatic heterocycles. The summed E-state index contributed by atoms with van der Waals surface area (Å²) in [6.45, 7) is 2.33. The van der Waals surface area contributed by atoms with Crippen LogP contribution in [-0.2, 0) is 16.6 Å². The van der Waals surface area contributed by atoms with Gasteiger partial charge in [-0.05, 0) is 13.8 Å². The molecule has 17 heavy (non-hydrogen) atoms. The molecule has 0 saturated carbocycles. The van der Waals surface area contributed by atoms with Crippen LogP contribution in [0.5, 0.6) is 0 Å². The average Bonchev–Trinajstić information content (AvgIpc) is 2.35. The van der Waals surface area contributed by atoms with E-state index < -0.39 is 29.2 Å². The number of rotatable bonds is 3. The van der Waals surface area contributed by atoms with Crippen molar-refractivity contribution in [3.8, 4) is 0 Å². The third-order valence-electron chi connectivity index (χ3n) is 2.21. The van der Waals surface area contributed by atoms with E-state index in [2.05, 4.69) is 5.10 Å². The number of primary sulfonamides is 1. The van der Waals surface area contributed by atoms with Gasteiger partial charge in [0, 0.05) is 6.54 Å². The molecule has 98 valence electrons. The van der Waals surface area contributed by atoms with E-state index >= 15 is 0 Å². The maximum absolute atomic E-state index is 12.0. The SMILES string of the molecule is Cc1nn(CCC(F)(F)F)c(C)c1S(N)(=O)=O. The quantitative estimate of drug-likeness (QED) is 0.894. The van der Waals surface area contributed by atoms with Gasteiger partial charge in [0.2, 0.25) is 10.0 Å². The molecule has 0 bridgehead atoms. The van der Waals surface area contributed by atoms with E-state index in [0.29, 0.717) is 0 Å². The minimum Gasteiger partial charge on any atom is -0.268 e. The number of halogens is 3. The number of aromatic nitrogens is 2. The van der Waals surface area contributed by atoms with Gasteiger partial charge in [-0.1, -0.05) is 0 Å². The Bertz CT molecular complexity index is 519. The van der Waals surface area contributed by atoms with Crippen molar-refractivity contribution in [3.05, 3.63) is 11.4 Å². The number of hydrogen-bond acceptors (Lipinski definition) is 3. The number of nitrogens with two attached hydrogens (primary N) is 1. The lowest BCUT2D eigenvalue weighted by Crippen LogP contribution is -2.16. The van der Waals surface area contributed by atoms with E-state index in [1.165, 1.54) is 13.8 Å². The molecule has 0 aliphatic heterocycles. The van der Waals surface area contributed by atoms with Crippen molar-refractivity contribution in [2.24, 2.45) is 5.14 Å². The molecule has 0 amide bonds. The Hall–Kier alpha value is -1.09. The van der Waals surface area contributed by atoms with E-state index in [0.717, 1.165) is 4.68 Å². The molecule has 0 aromatic carbocycles. The molecule has 5 nitrogen and oxygen atoms in total. The van der Waals surface area contributed by atoms with Gasteiger partial charge in [-0.2, -0.15) is 18.3 Å². The Morgan fingerprint density at radius 3 is 2.24 bits per heavy atom. The van der Waals surface area contributed by atoms with Crippen LogP contribution in [-0.4, -0.2) is 24.4 Å². The van der Waals surface area contributed by atoms with E-state index in [1.807, 2.05) is 0 Å². The van der Waals surface area contributed by atoms with Gasteiger partial charge in [-0.3, -0.25) is 4.68 Å². The van der Waals surface area contributed by atoms with Crippen molar-refractivity contribution >= 4 is 10.0 Å². The Balaban J connectivity index is 3.06. The number of sulfonamides is 1. The van der Waals surface area contributed by atoms with Crippen LogP contribution >= 0.6 is 0 Å². The van der Waals surface area contributed by atoms with Gasteiger partial charge in [0.1, 0.15) is 4.90 Å². The molecule has 0 aliphatic rings. The molecular formula is C8H12F3N3O2S. The second kappa shape index (κ2) is 4.30. The monoisotopic (exact) mass is 271 g/mol. The number of aryl methyl sites for hydroxylation is 2. The molecule has 1 aromatic rings. The predicted octanol–water partition coefficient (Wildman–Crippen LogP) is 1.10. The highest BCUT2D eigenvalue weighted by molar-refractivity contribution is 7.89. The summed E-state index contributed by atoms with van der Waals surface area (Å²) in [4.78, 5) is -0.209. The molecule has 2 N–H and O–H groups in total. The fourth-order valence-corrected chi connectivity index (χ4v) is 2.51. The van der Waals surface area contributed by atoms with Crippen molar-refractivity contribution in [2.45, 2.75) is 37.9 Å². The minimum absolute atomic E-state index is 0.104. The molecule has 1 heterocycles. The first-order valence-corrected chi connectivity index (χ1v) is 6.20. The van der Waals surface area contributed by atoms with Crippen LogP contribution < -0.4 is 5.14 Å². The second-order valence-electron chi connectivity index (χ2n) is 3.63. The number of nitrogens with zero attached hydrogens (tertiary/aromatic N) is 2. The summed E-state index contributed by atoms with van der Waals surface area (Å²) in [5.74, 6) is 0. The van der Waals surface area contributed by atoms with Crippen LogP contribution in [0.25, 0.3) is 0 Å². The first-order chi connectivity index (χ1) is 7.52. The smallest absolute Gasteiger partial charge is 0.268 e. The van der Waals surface area contributed by atoms with Gasteiger partial charge in [0.05, 0.1) is 17.8 Å². The fraction of sp³-hybridized carbons (Fsp3) is 0.625. The Kier molecular flexibility index (Phi) is 3.53. The number of alkyl halides is 3. The van der Waals surface area contributed by atoms with E-state index in [9.17, 15) is 21.6 Å². The summed E-state index contributed by atoms with van der Waals surface area (Å²) < 4.78 is 59.5. The lowest BCUT2D eigenvalue weighted by Gasteiger charge is -2.07. The van der Waals surface area contributed by atoms with Crippen LogP contribution in [0, 0.1) is 13.8 Å². The lowest BCUT2D eigenvalue weighted by atomic mass is 10.4. The maximum atomic E-state index is 12.0. The fourth-order valence-electron chi connectivity index (χ4n) is 1.54. The van der Waals surface area contributed by atoms with Crippen molar-refractivity contribution in [1.82, 2.24) is 9.78 Å². The van der Waals surface area contributed by atoms with Gasteiger partial charge in [0.25, 0.3) is 0 Å². The van der Waals surface area contributed by atoms with Crippen molar-refractivity contribution in [1.29, 1.82) is 0 Å². The van der Waals surface area contributed by atoms with Crippen LogP contribution in [0.3, 0.4) is 0 Å². The van der Waals surface area contributed by atoms with Gasteiger partial charge in [-0.15, -0.1) is 0 Å². The largest absolute Gasteiger partial charge is 0.390 e. The molecular weight excluding hydrogens is 259 g/mol. The molecule has 0 atom stereocenters. The average molecular weight is 271 g/mol. The first kappa shape index (κ1) is 14.0. The lowest BCUT2D eigenvalue weighted by molar-refractivity contribution is -0.137. The van der Waals surface area contributed by atoms with Gasteiger partial charge in [0.15, 0.2) is 0 Å². The van der Waals surface area contributed by atoms with E-state index in [-0.39, 0.29) is 16.3 Å². The van der Waals surface area contributed by atoms with Crippen LogP contribution in [0.15, 0.2) is 4.90 Å². The first-order valence-electron chi connectivity index (χ1n) is 4.66. The van der Waals surface area contributed by atoms with Crippen LogP contribution in [0.1, 0.15) is 17.8 Å². The summed E-state index contributed by atoms with van der Waals surface area (Å²) in [6.07, 6.45) is -5.38. The molecule has 0 radical (unpaired) electrons. The maximum Gasteiger partial charge on any atom is 0.390 e. The highest BCUT2D eigenvalue weighted by Crippen LogP contribution is 2.23. The zero-order valence-electron chi connectivity index (χ0n) is 9.24. The minimum atomic E-state index is -4.31. The van der Waals surface area contributed by atoms with Gasteiger partial charge in [-0.25, -0.2) is 13.6 Å². The Morgan fingerprint density at radius 1 is 1.35 bits per heavy atom. The van der Waals surface area contributed by atoms with Crippen molar-refractivity contribution < 1.29 is 21.6 Å². The van der Waals surface area contributed by atoms with E-state index in [1.54, 1.807) is 0 Å². The molecule has 0 spiro atoms. The van der Waals surface area contributed by atoms with Gasteiger partial charge < -0.3 is 0 Å². The van der Waals surface area contributed by atoms with Crippen molar-refractivity contribution in [3.63, 3.8) is 0 Å². The second-order valence-corrected chi connectivity index (χ2v) is 5.13. The normalized spacial score (nSPS) is 13.1. The zero-order chi connectivity index (χ0) is 13.4. The molecule has 0 fully saturated rings. The highest BCUT2D eigenvalue weighted by atomic mass is 32.2. The summed E-state index contributed by atoms with van der Waals surface area (Å²) in [7, 11) is -3.96. The summed E-state index contributed by atoms with van der Waals surface area (Å²) in [6, 6.07) is 0. The topological polar surface area (TPSA) is 78.0 Å². The Labute approximate surface area is 96.5 Å². The third kappa shape index (κ3) is 3.43. The Morgan fingerprint density at radius 2 is 1.88 bits per heavy atom. The molecule has 1 rings (SSSR count). The summed E-state index contributed by atoms with van der Waals surface area (Å²) in [5, 5.41) is 8.69. The third-order valence-corrected chi connectivity index (χ3v) is 3.37.